The summed E-state index contributed by atoms with van der Waals surface area (Å²) < 4.78 is 14.9. The summed E-state index contributed by atoms with van der Waals surface area (Å²) in [6.07, 6.45) is 0. The molecule has 0 saturated heterocycles. The van der Waals surface area contributed by atoms with E-state index in [1.807, 2.05) is 0 Å². The van der Waals surface area contributed by atoms with Crippen molar-refractivity contribution in [3.63, 3.8) is 0 Å². The molecule has 0 aliphatic carbocycles. The number of benzene rings is 1. The molecule has 128 valence electrons. The number of ketones is 2. The summed E-state index contributed by atoms with van der Waals surface area (Å²) in [6.45, 7) is 4.42. The van der Waals surface area contributed by atoms with Crippen molar-refractivity contribution in [1.29, 1.82) is 5.26 Å². The van der Waals surface area contributed by atoms with Gasteiger partial charge in [-0.05, 0) is 37.6 Å². The standard InChI is InChI=1S/C18H16FN3O3/c1-9-15(10(2)22(4)16(9)17(24)11(3)23)18(25)21-13-5-6-14(19)12(7-13)8-20/h5-7H,1-4H3,(H,21,25). The van der Waals surface area contributed by atoms with Gasteiger partial charge in [0.1, 0.15) is 11.9 Å². The number of carbonyl (C=O) groups is 3. The van der Waals surface area contributed by atoms with E-state index in [0.717, 1.165) is 6.07 Å². The van der Waals surface area contributed by atoms with E-state index in [-0.39, 0.29) is 22.5 Å². The topological polar surface area (TPSA) is 92.0 Å². The minimum Gasteiger partial charge on any atom is -0.344 e. The molecule has 1 aromatic carbocycles. The summed E-state index contributed by atoms with van der Waals surface area (Å²) in [7, 11) is 1.60. The number of anilines is 1. The molecule has 2 aromatic rings. The van der Waals surface area contributed by atoms with Crippen molar-refractivity contribution in [2.75, 3.05) is 5.32 Å². The molecule has 0 bridgehead atoms. The van der Waals surface area contributed by atoms with E-state index in [4.69, 9.17) is 5.26 Å². The molecule has 0 saturated carbocycles. The van der Waals surface area contributed by atoms with Gasteiger partial charge in [0.2, 0.25) is 11.6 Å². The van der Waals surface area contributed by atoms with Crippen LogP contribution >= 0.6 is 0 Å². The second kappa shape index (κ2) is 6.69. The van der Waals surface area contributed by atoms with Crippen LogP contribution in [0.5, 0.6) is 0 Å². The molecule has 1 amide bonds. The van der Waals surface area contributed by atoms with Crippen LogP contribution in [-0.4, -0.2) is 22.0 Å². The number of amides is 1. The Morgan fingerprint density at radius 1 is 1.24 bits per heavy atom. The number of halogens is 1. The Balaban J connectivity index is 2.44. The highest BCUT2D eigenvalue weighted by molar-refractivity contribution is 6.43. The Morgan fingerprint density at radius 3 is 2.44 bits per heavy atom. The van der Waals surface area contributed by atoms with E-state index >= 15 is 0 Å². The summed E-state index contributed by atoms with van der Waals surface area (Å²) in [4.78, 5) is 36.1. The average molecular weight is 341 g/mol. The molecule has 0 aliphatic heterocycles. The molecule has 1 heterocycles. The minimum atomic E-state index is -0.679. The van der Waals surface area contributed by atoms with Crippen molar-refractivity contribution in [2.24, 2.45) is 7.05 Å². The summed E-state index contributed by atoms with van der Waals surface area (Å²) in [5.74, 6) is -2.48. The number of nitrogens with zero attached hydrogens (tertiary/aromatic N) is 2. The second-order valence-electron chi connectivity index (χ2n) is 5.64. The third-order valence-corrected chi connectivity index (χ3v) is 4.04. The van der Waals surface area contributed by atoms with E-state index in [1.165, 1.54) is 23.6 Å². The van der Waals surface area contributed by atoms with Gasteiger partial charge in [0.05, 0.1) is 16.8 Å². The van der Waals surface area contributed by atoms with Gasteiger partial charge >= 0.3 is 0 Å². The molecule has 0 aliphatic rings. The van der Waals surface area contributed by atoms with E-state index in [9.17, 15) is 18.8 Å². The predicted molar refractivity (Wildman–Crippen MR) is 89.0 cm³/mol. The van der Waals surface area contributed by atoms with Crippen LogP contribution in [-0.2, 0) is 11.8 Å². The third-order valence-electron chi connectivity index (χ3n) is 4.04. The molecule has 1 N–H and O–H groups in total. The minimum absolute atomic E-state index is 0.159. The molecule has 0 atom stereocenters. The smallest absolute Gasteiger partial charge is 0.257 e. The summed E-state index contributed by atoms with van der Waals surface area (Å²) >= 11 is 0. The Labute approximate surface area is 143 Å². The molecule has 0 radical (unpaired) electrons. The summed E-state index contributed by atoms with van der Waals surface area (Å²) in [5.41, 5.74) is 1.39. The molecular weight excluding hydrogens is 325 g/mol. The van der Waals surface area contributed by atoms with Gasteiger partial charge in [-0.3, -0.25) is 14.4 Å². The molecular formula is C18H16FN3O3. The molecule has 1 aromatic heterocycles. The zero-order valence-electron chi connectivity index (χ0n) is 14.2. The lowest BCUT2D eigenvalue weighted by Gasteiger charge is -2.07. The number of aromatic nitrogens is 1. The van der Waals surface area contributed by atoms with Crippen LogP contribution in [0.4, 0.5) is 10.1 Å². The van der Waals surface area contributed by atoms with Gasteiger partial charge in [-0.1, -0.05) is 0 Å². The maximum Gasteiger partial charge on any atom is 0.257 e. The second-order valence-corrected chi connectivity index (χ2v) is 5.64. The molecule has 25 heavy (non-hydrogen) atoms. The number of nitriles is 1. The first-order chi connectivity index (χ1) is 11.7. The van der Waals surface area contributed by atoms with E-state index in [0.29, 0.717) is 11.3 Å². The normalized spacial score (nSPS) is 10.2. The van der Waals surface area contributed by atoms with Crippen molar-refractivity contribution in [3.8, 4) is 6.07 Å². The van der Waals surface area contributed by atoms with E-state index < -0.39 is 23.3 Å². The zero-order valence-corrected chi connectivity index (χ0v) is 14.2. The maximum absolute atomic E-state index is 13.4. The zero-order chi connectivity index (χ0) is 18.9. The van der Waals surface area contributed by atoms with Crippen molar-refractivity contribution in [1.82, 2.24) is 4.57 Å². The van der Waals surface area contributed by atoms with E-state index in [1.54, 1.807) is 27.0 Å². The number of rotatable bonds is 4. The van der Waals surface area contributed by atoms with Crippen LogP contribution in [0, 0.1) is 31.0 Å². The SMILES string of the molecule is CC(=O)C(=O)c1c(C)c(C(=O)Nc2ccc(F)c(C#N)c2)c(C)n1C. The lowest BCUT2D eigenvalue weighted by Crippen LogP contribution is -2.16. The summed E-state index contributed by atoms with van der Waals surface area (Å²) in [6, 6.07) is 5.35. The van der Waals surface area contributed by atoms with Gasteiger partial charge in [0.15, 0.2) is 0 Å². The first kappa shape index (κ1) is 18.1. The number of hydrogen-bond acceptors (Lipinski definition) is 4. The average Bonchev–Trinajstić information content (AvgIpc) is 2.78. The monoisotopic (exact) mass is 341 g/mol. The van der Waals surface area contributed by atoms with Crippen molar-refractivity contribution >= 4 is 23.2 Å². The molecule has 0 spiro atoms. The fraction of sp³-hybridized carbons (Fsp3) is 0.222. The van der Waals surface area contributed by atoms with Crippen molar-refractivity contribution in [3.05, 3.63) is 52.1 Å². The Hall–Kier alpha value is -3.27. The highest BCUT2D eigenvalue weighted by atomic mass is 19.1. The Morgan fingerprint density at radius 2 is 1.88 bits per heavy atom. The third kappa shape index (κ3) is 3.19. The van der Waals surface area contributed by atoms with Gasteiger partial charge in [-0.25, -0.2) is 4.39 Å². The molecule has 7 heteroatoms. The lowest BCUT2D eigenvalue weighted by atomic mass is 10.1. The fourth-order valence-corrected chi connectivity index (χ4v) is 2.68. The number of carbonyl (C=O) groups excluding carboxylic acids is 3. The fourth-order valence-electron chi connectivity index (χ4n) is 2.68. The van der Waals surface area contributed by atoms with Crippen LogP contribution in [0.25, 0.3) is 0 Å². The Kier molecular flexibility index (Phi) is 4.84. The first-order valence-electron chi connectivity index (χ1n) is 7.41. The van der Waals surface area contributed by atoms with Gasteiger partial charge in [0.25, 0.3) is 5.91 Å². The molecule has 6 nitrogen and oxygen atoms in total. The van der Waals surface area contributed by atoms with Crippen LogP contribution in [0.15, 0.2) is 18.2 Å². The van der Waals surface area contributed by atoms with Crippen LogP contribution in [0.2, 0.25) is 0 Å². The molecule has 0 unspecified atom stereocenters. The van der Waals surface area contributed by atoms with Crippen LogP contribution < -0.4 is 5.32 Å². The van der Waals surface area contributed by atoms with Gasteiger partial charge < -0.3 is 9.88 Å². The van der Waals surface area contributed by atoms with Gasteiger partial charge in [-0.2, -0.15) is 5.26 Å². The largest absolute Gasteiger partial charge is 0.344 e. The lowest BCUT2D eigenvalue weighted by molar-refractivity contribution is -0.113. The van der Waals surface area contributed by atoms with Crippen molar-refractivity contribution < 1.29 is 18.8 Å². The highest BCUT2D eigenvalue weighted by Crippen LogP contribution is 2.23. The number of hydrogen-bond donors (Lipinski definition) is 1. The molecule has 0 fully saturated rings. The quantitative estimate of drug-likeness (QED) is 0.683. The number of Topliss-reactive ketones (excluding diaryl/α,β-unsaturated/α-hetero) is 2. The maximum atomic E-state index is 13.4. The van der Waals surface area contributed by atoms with Gasteiger partial charge in [-0.15, -0.1) is 0 Å². The highest BCUT2D eigenvalue weighted by Gasteiger charge is 2.26. The first-order valence-corrected chi connectivity index (χ1v) is 7.41. The van der Waals surface area contributed by atoms with E-state index in [2.05, 4.69) is 5.32 Å². The Bertz CT molecular complexity index is 951. The van der Waals surface area contributed by atoms with Crippen LogP contribution in [0.1, 0.15) is 44.6 Å². The number of nitrogens with one attached hydrogen (secondary N) is 1. The van der Waals surface area contributed by atoms with Gasteiger partial charge in [0, 0.05) is 25.4 Å². The van der Waals surface area contributed by atoms with Crippen LogP contribution in [0.3, 0.4) is 0 Å². The van der Waals surface area contributed by atoms with Crippen molar-refractivity contribution in [2.45, 2.75) is 20.8 Å². The summed E-state index contributed by atoms with van der Waals surface area (Å²) in [5, 5.41) is 11.4. The molecule has 2 rings (SSSR count). The predicted octanol–water partition coefficient (Wildman–Crippen LogP) is 2.68.